The zero-order valence-electron chi connectivity index (χ0n) is 18.6. The van der Waals surface area contributed by atoms with Crippen molar-refractivity contribution in [1.82, 2.24) is 10.2 Å². The third-order valence-corrected chi connectivity index (χ3v) is 7.38. The molecule has 1 N–H and O–H groups in total. The minimum absolute atomic E-state index is 0.337. The first-order valence-corrected chi connectivity index (χ1v) is 12.4. The van der Waals surface area contributed by atoms with Crippen LogP contribution in [0.4, 0.5) is 10.8 Å². The van der Waals surface area contributed by atoms with Crippen LogP contribution >= 0.6 is 23.1 Å². The predicted octanol–water partition coefficient (Wildman–Crippen LogP) is 7.09. The van der Waals surface area contributed by atoms with Crippen LogP contribution in [0, 0.1) is 13.8 Å². The monoisotopic (exact) mass is 487 g/mol. The first kappa shape index (κ1) is 22.2. The minimum Gasteiger partial charge on any atom is -0.457 e. The Balaban J connectivity index is 1.25. The van der Waals surface area contributed by atoms with Gasteiger partial charge in [0.05, 0.1) is 0 Å². The van der Waals surface area contributed by atoms with Crippen molar-refractivity contribution in [2.24, 2.45) is 0 Å². The molecule has 0 aliphatic heterocycles. The molecule has 0 aliphatic carbocycles. The Labute approximate surface area is 204 Å². The molecule has 0 aliphatic rings. The number of para-hydroxylation sites is 1. The number of thioether (sulfide) groups is 1. The number of nitrogens with one attached hydrogen (secondary N) is 1. The first-order valence-electron chi connectivity index (χ1n) is 10.6. The van der Waals surface area contributed by atoms with Gasteiger partial charge in [0.2, 0.25) is 5.13 Å². The first-order chi connectivity index (χ1) is 16.5. The highest BCUT2D eigenvalue weighted by Gasteiger charge is 2.12. The lowest BCUT2D eigenvalue weighted by atomic mass is 10.0. The molecule has 6 nitrogen and oxygen atoms in total. The van der Waals surface area contributed by atoms with Crippen molar-refractivity contribution in [3.8, 4) is 11.5 Å². The van der Waals surface area contributed by atoms with Crippen LogP contribution in [0.2, 0.25) is 0 Å². The molecule has 8 heteroatoms. The quantitative estimate of drug-likeness (QED) is 0.194. The summed E-state index contributed by atoms with van der Waals surface area (Å²) < 4.78 is 12.1. The number of fused-ring (bicyclic) bond motifs is 1. The zero-order valence-corrected chi connectivity index (χ0v) is 20.2. The van der Waals surface area contributed by atoms with Crippen LogP contribution in [0.15, 0.2) is 86.3 Å². The van der Waals surface area contributed by atoms with E-state index >= 15 is 0 Å². The van der Waals surface area contributed by atoms with Crippen molar-refractivity contribution in [2.75, 3.05) is 5.32 Å². The molecular formula is C26H21N3O3S2. The van der Waals surface area contributed by atoms with Gasteiger partial charge in [-0.2, -0.15) is 0 Å². The van der Waals surface area contributed by atoms with Gasteiger partial charge in [0.1, 0.15) is 17.1 Å². The lowest BCUT2D eigenvalue weighted by Crippen LogP contribution is -2.01. The molecular weight excluding hydrogens is 466 g/mol. The summed E-state index contributed by atoms with van der Waals surface area (Å²) in [4.78, 5) is 12.1. The van der Waals surface area contributed by atoms with Crippen molar-refractivity contribution in [3.63, 3.8) is 0 Å². The Morgan fingerprint density at radius 3 is 2.53 bits per heavy atom. The van der Waals surface area contributed by atoms with Gasteiger partial charge in [0.25, 0.3) is 0 Å². The van der Waals surface area contributed by atoms with E-state index in [4.69, 9.17) is 9.15 Å². The van der Waals surface area contributed by atoms with E-state index in [1.54, 1.807) is 17.8 Å². The lowest BCUT2D eigenvalue weighted by Gasteiger charge is -2.08. The third-order valence-electron chi connectivity index (χ3n) is 5.36. The number of hydrogen-bond donors (Lipinski definition) is 1. The normalized spacial score (nSPS) is 11.0. The lowest BCUT2D eigenvalue weighted by molar-refractivity contribution is 0.483. The summed E-state index contributed by atoms with van der Waals surface area (Å²) in [6.07, 6.45) is 0. The summed E-state index contributed by atoms with van der Waals surface area (Å²) in [6, 6.07) is 23.0. The van der Waals surface area contributed by atoms with E-state index in [-0.39, 0.29) is 5.63 Å². The van der Waals surface area contributed by atoms with Crippen molar-refractivity contribution >= 4 is 44.9 Å². The molecule has 34 heavy (non-hydrogen) atoms. The van der Waals surface area contributed by atoms with Gasteiger partial charge in [-0.25, -0.2) is 4.79 Å². The van der Waals surface area contributed by atoms with E-state index in [0.29, 0.717) is 16.5 Å². The fourth-order valence-corrected chi connectivity index (χ4v) is 5.22. The smallest absolute Gasteiger partial charge is 0.336 e. The summed E-state index contributed by atoms with van der Waals surface area (Å²) in [5, 5.41) is 13.5. The maximum atomic E-state index is 12.1. The highest BCUT2D eigenvalue weighted by molar-refractivity contribution is 8.00. The second-order valence-electron chi connectivity index (χ2n) is 7.70. The fraction of sp³-hybridized carbons (Fsp3) is 0.115. The summed E-state index contributed by atoms with van der Waals surface area (Å²) in [6.45, 7) is 3.98. The average molecular weight is 488 g/mol. The molecule has 0 amide bonds. The van der Waals surface area contributed by atoms with Crippen LogP contribution in [0.25, 0.3) is 11.0 Å². The number of benzene rings is 3. The van der Waals surface area contributed by atoms with E-state index in [9.17, 15) is 4.79 Å². The number of nitrogens with zero attached hydrogens (tertiary/aromatic N) is 2. The molecule has 0 unspecified atom stereocenters. The Bertz CT molecular complexity index is 1500. The number of ether oxygens (including phenoxy) is 1. The molecule has 2 aromatic heterocycles. The molecule has 0 atom stereocenters. The molecule has 0 saturated carbocycles. The predicted molar refractivity (Wildman–Crippen MR) is 138 cm³/mol. The van der Waals surface area contributed by atoms with Crippen molar-refractivity contribution in [1.29, 1.82) is 0 Å². The molecule has 5 aromatic rings. The second-order valence-corrected chi connectivity index (χ2v) is 9.90. The van der Waals surface area contributed by atoms with E-state index < -0.39 is 0 Å². The molecule has 0 saturated heterocycles. The van der Waals surface area contributed by atoms with Gasteiger partial charge < -0.3 is 14.5 Å². The maximum absolute atomic E-state index is 12.1. The van der Waals surface area contributed by atoms with Gasteiger partial charge in [0.15, 0.2) is 4.34 Å². The Hall–Kier alpha value is -3.62. The number of aromatic nitrogens is 2. The van der Waals surface area contributed by atoms with Crippen LogP contribution in [0.5, 0.6) is 11.5 Å². The molecule has 2 heterocycles. The fourth-order valence-electron chi connectivity index (χ4n) is 3.46. The molecule has 5 rings (SSSR count). The number of hydrogen-bond acceptors (Lipinski definition) is 8. The maximum Gasteiger partial charge on any atom is 0.336 e. The van der Waals surface area contributed by atoms with Gasteiger partial charge in [-0.05, 0) is 66.9 Å². The van der Waals surface area contributed by atoms with Crippen LogP contribution in [-0.4, -0.2) is 10.2 Å². The van der Waals surface area contributed by atoms with E-state index in [1.807, 2.05) is 74.5 Å². The summed E-state index contributed by atoms with van der Waals surface area (Å²) >= 11 is 3.01. The summed E-state index contributed by atoms with van der Waals surface area (Å²) in [5.41, 5.74) is 4.23. The van der Waals surface area contributed by atoms with Gasteiger partial charge in [-0.15, -0.1) is 10.2 Å². The van der Waals surface area contributed by atoms with Crippen LogP contribution < -0.4 is 15.7 Å². The van der Waals surface area contributed by atoms with Crippen LogP contribution in [-0.2, 0) is 5.75 Å². The Kier molecular flexibility index (Phi) is 6.33. The molecule has 0 fully saturated rings. The average Bonchev–Trinajstić information content (AvgIpc) is 3.29. The number of anilines is 2. The highest BCUT2D eigenvalue weighted by Crippen LogP contribution is 2.33. The van der Waals surface area contributed by atoms with Gasteiger partial charge in [0, 0.05) is 22.9 Å². The molecule has 3 aromatic carbocycles. The third kappa shape index (κ3) is 4.98. The van der Waals surface area contributed by atoms with Crippen molar-refractivity contribution in [2.45, 2.75) is 23.9 Å². The van der Waals surface area contributed by atoms with Gasteiger partial charge >= 0.3 is 5.63 Å². The Morgan fingerprint density at radius 2 is 1.74 bits per heavy atom. The van der Waals surface area contributed by atoms with Crippen LogP contribution in [0.1, 0.15) is 16.7 Å². The zero-order chi connectivity index (χ0) is 23.5. The summed E-state index contributed by atoms with van der Waals surface area (Å²) in [5.74, 6) is 2.16. The topological polar surface area (TPSA) is 77.3 Å². The van der Waals surface area contributed by atoms with Crippen LogP contribution in [0.3, 0.4) is 0 Å². The van der Waals surface area contributed by atoms with Crippen molar-refractivity contribution < 1.29 is 9.15 Å². The Morgan fingerprint density at radius 1 is 0.971 bits per heavy atom. The number of aryl methyl sites for hydroxylation is 2. The van der Waals surface area contributed by atoms with Crippen molar-refractivity contribution in [3.05, 3.63) is 99.9 Å². The number of rotatable bonds is 7. The molecule has 0 radical (unpaired) electrons. The van der Waals surface area contributed by atoms with E-state index in [1.165, 1.54) is 11.3 Å². The second kappa shape index (κ2) is 9.70. The molecule has 0 spiro atoms. The molecule has 170 valence electrons. The van der Waals surface area contributed by atoms with E-state index in [0.717, 1.165) is 43.6 Å². The van der Waals surface area contributed by atoms with Gasteiger partial charge in [-0.3, -0.25) is 0 Å². The minimum atomic E-state index is -0.337. The summed E-state index contributed by atoms with van der Waals surface area (Å²) in [7, 11) is 0. The van der Waals surface area contributed by atoms with E-state index in [2.05, 4.69) is 21.6 Å². The SMILES string of the molecule is Cc1ccc2c(CSc3nnc(Nc4ccc(Oc5ccccc5)cc4)s3)cc(=O)oc2c1C. The molecule has 0 bridgehead atoms. The standard InChI is InChI=1S/C26H21N3O3S2/c1-16-8-13-22-18(14-23(30)32-24(22)17(16)2)15-33-26-29-28-25(34-26)27-19-9-11-21(12-10-19)31-20-6-4-3-5-7-20/h3-14H,15H2,1-2H3,(H,27,28). The largest absolute Gasteiger partial charge is 0.457 e. The highest BCUT2D eigenvalue weighted by atomic mass is 32.2. The van der Waals surface area contributed by atoms with Gasteiger partial charge in [-0.1, -0.05) is 53.4 Å².